The van der Waals surface area contributed by atoms with Gasteiger partial charge in [-0.1, -0.05) is 35.9 Å². The number of amides is 2. The lowest BCUT2D eigenvalue weighted by Crippen LogP contribution is -2.29. The molecule has 0 aromatic heterocycles. The van der Waals surface area contributed by atoms with Gasteiger partial charge in [-0.3, -0.25) is 19.7 Å². The number of hydrogen-bond acceptors (Lipinski definition) is 4. The van der Waals surface area contributed by atoms with Crippen LogP contribution in [0.15, 0.2) is 48.5 Å². The molecule has 7 heteroatoms. The fourth-order valence-electron chi connectivity index (χ4n) is 2.39. The summed E-state index contributed by atoms with van der Waals surface area (Å²) in [5.74, 6) is -0.589. The molecule has 0 aliphatic heterocycles. The second-order valence-corrected chi connectivity index (χ2v) is 5.72. The summed E-state index contributed by atoms with van der Waals surface area (Å²) in [7, 11) is 0. The molecule has 0 aliphatic carbocycles. The molecular formula is C18H19N3O4. The van der Waals surface area contributed by atoms with Gasteiger partial charge in [0.25, 0.3) is 5.69 Å². The van der Waals surface area contributed by atoms with Gasteiger partial charge < -0.3 is 10.6 Å². The van der Waals surface area contributed by atoms with Gasteiger partial charge in [0.1, 0.15) is 0 Å². The molecular weight excluding hydrogens is 322 g/mol. The van der Waals surface area contributed by atoms with E-state index in [-0.39, 0.29) is 23.9 Å². The van der Waals surface area contributed by atoms with Crippen LogP contribution in [0.2, 0.25) is 0 Å². The van der Waals surface area contributed by atoms with E-state index < -0.39 is 11.0 Å². The largest absolute Gasteiger partial charge is 0.349 e. The van der Waals surface area contributed by atoms with Crippen molar-refractivity contribution in [3.8, 4) is 0 Å². The Bertz CT molecular complexity index is 787. The molecule has 2 aromatic carbocycles. The SMILES string of the molecule is CC(=O)NC(CC(=O)Nc1cccc([N+](=O)[O-])c1)c1ccc(C)cc1. The fourth-order valence-corrected chi connectivity index (χ4v) is 2.39. The van der Waals surface area contributed by atoms with Gasteiger partial charge in [0.2, 0.25) is 11.8 Å². The molecule has 2 aromatic rings. The quantitative estimate of drug-likeness (QED) is 0.622. The summed E-state index contributed by atoms with van der Waals surface area (Å²) in [5, 5.41) is 16.2. The highest BCUT2D eigenvalue weighted by molar-refractivity contribution is 5.91. The van der Waals surface area contributed by atoms with Crippen LogP contribution in [0.5, 0.6) is 0 Å². The van der Waals surface area contributed by atoms with Crippen LogP contribution in [0.25, 0.3) is 0 Å². The fraction of sp³-hybridized carbons (Fsp3) is 0.222. The maximum Gasteiger partial charge on any atom is 0.271 e. The number of non-ortho nitro benzene ring substituents is 1. The molecule has 0 saturated carbocycles. The van der Waals surface area contributed by atoms with Crippen LogP contribution in [0.1, 0.15) is 30.5 Å². The average Bonchev–Trinajstić information content (AvgIpc) is 2.54. The van der Waals surface area contributed by atoms with Crippen molar-refractivity contribution < 1.29 is 14.5 Å². The number of aryl methyl sites for hydroxylation is 1. The number of carbonyl (C=O) groups is 2. The molecule has 1 atom stereocenters. The predicted molar refractivity (Wildman–Crippen MR) is 94.1 cm³/mol. The van der Waals surface area contributed by atoms with E-state index in [0.717, 1.165) is 11.1 Å². The van der Waals surface area contributed by atoms with Crippen molar-refractivity contribution >= 4 is 23.2 Å². The smallest absolute Gasteiger partial charge is 0.271 e. The Labute approximate surface area is 145 Å². The number of benzene rings is 2. The van der Waals surface area contributed by atoms with Crippen molar-refractivity contribution in [2.24, 2.45) is 0 Å². The number of nitrogens with one attached hydrogen (secondary N) is 2. The van der Waals surface area contributed by atoms with E-state index in [2.05, 4.69) is 10.6 Å². The molecule has 1 unspecified atom stereocenters. The molecule has 0 radical (unpaired) electrons. The van der Waals surface area contributed by atoms with Crippen LogP contribution in [0.3, 0.4) is 0 Å². The molecule has 0 bridgehead atoms. The third-order valence-electron chi connectivity index (χ3n) is 3.59. The third-order valence-corrected chi connectivity index (χ3v) is 3.59. The van der Waals surface area contributed by atoms with E-state index in [1.165, 1.54) is 25.1 Å². The first-order valence-corrected chi connectivity index (χ1v) is 7.73. The number of nitro groups is 1. The summed E-state index contributed by atoms with van der Waals surface area (Å²) in [5.41, 5.74) is 2.13. The van der Waals surface area contributed by atoms with Crippen molar-refractivity contribution in [1.82, 2.24) is 5.32 Å². The molecule has 0 aliphatic rings. The zero-order valence-electron chi connectivity index (χ0n) is 14.0. The Hall–Kier alpha value is -3.22. The van der Waals surface area contributed by atoms with Crippen LogP contribution >= 0.6 is 0 Å². The topological polar surface area (TPSA) is 101 Å². The highest BCUT2D eigenvalue weighted by Crippen LogP contribution is 2.21. The zero-order valence-corrected chi connectivity index (χ0v) is 14.0. The van der Waals surface area contributed by atoms with Crippen molar-refractivity contribution in [1.29, 1.82) is 0 Å². The Morgan fingerprint density at radius 1 is 1.16 bits per heavy atom. The van der Waals surface area contributed by atoms with Crippen LogP contribution in [-0.2, 0) is 9.59 Å². The molecule has 0 fully saturated rings. The third kappa shape index (κ3) is 5.42. The summed E-state index contributed by atoms with van der Waals surface area (Å²) < 4.78 is 0. The van der Waals surface area contributed by atoms with Gasteiger partial charge in [0.15, 0.2) is 0 Å². The van der Waals surface area contributed by atoms with Crippen molar-refractivity contribution in [3.05, 3.63) is 69.8 Å². The van der Waals surface area contributed by atoms with Crippen molar-refractivity contribution in [2.75, 3.05) is 5.32 Å². The lowest BCUT2D eigenvalue weighted by molar-refractivity contribution is -0.384. The molecule has 130 valence electrons. The minimum atomic E-state index is -0.526. The lowest BCUT2D eigenvalue weighted by atomic mass is 10.0. The van der Waals surface area contributed by atoms with Gasteiger partial charge in [-0.15, -0.1) is 0 Å². The lowest BCUT2D eigenvalue weighted by Gasteiger charge is -2.18. The Balaban J connectivity index is 2.11. The molecule has 2 N–H and O–H groups in total. The van der Waals surface area contributed by atoms with Crippen molar-refractivity contribution in [3.63, 3.8) is 0 Å². The highest BCUT2D eigenvalue weighted by Gasteiger charge is 2.17. The highest BCUT2D eigenvalue weighted by atomic mass is 16.6. The summed E-state index contributed by atoms with van der Waals surface area (Å²) in [6.07, 6.45) is 0.0192. The van der Waals surface area contributed by atoms with Gasteiger partial charge in [0, 0.05) is 24.7 Å². The first kappa shape index (κ1) is 18.1. The Kier molecular flexibility index (Phi) is 5.84. The van der Waals surface area contributed by atoms with E-state index in [9.17, 15) is 19.7 Å². The molecule has 25 heavy (non-hydrogen) atoms. The zero-order chi connectivity index (χ0) is 18.4. The molecule has 0 heterocycles. The van der Waals surface area contributed by atoms with E-state index in [1.807, 2.05) is 31.2 Å². The number of rotatable bonds is 6. The number of carbonyl (C=O) groups excluding carboxylic acids is 2. The van der Waals surface area contributed by atoms with Gasteiger partial charge in [-0.25, -0.2) is 0 Å². The number of hydrogen-bond donors (Lipinski definition) is 2. The average molecular weight is 341 g/mol. The normalized spacial score (nSPS) is 11.4. The summed E-state index contributed by atoms with van der Waals surface area (Å²) in [6.45, 7) is 3.34. The maximum atomic E-state index is 12.3. The van der Waals surface area contributed by atoms with Crippen LogP contribution in [-0.4, -0.2) is 16.7 Å². The molecule has 2 rings (SSSR count). The van der Waals surface area contributed by atoms with Crippen LogP contribution in [0.4, 0.5) is 11.4 Å². The van der Waals surface area contributed by atoms with Crippen molar-refractivity contribution in [2.45, 2.75) is 26.3 Å². The summed E-state index contributed by atoms with van der Waals surface area (Å²) in [4.78, 5) is 34.0. The first-order chi connectivity index (χ1) is 11.8. The van der Waals surface area contributed by atoms with Crippen LogP contribution in [0, 0.1) is 17.0 Å². The number of nitro benzene ring substituents is 1. The first-order valence-electron chi connectivity index (χ1n) is 7.73. The van der Waals surface area contributed by atoms with E-state index in [1.54, 1.807) is 6.07 Å². The van der Waals surface area contributed by atoms with Crippen LogP contribution < -0.4 is 10.6 Å². The van der Waals surface area contributed by atoms with Gasteiger partial charge >= 0.3 is 0 Å². The monoisotopic (exact) mass is 341 g/mol. The van der Waals surface area contributed by atoms with Gasteiger partial charge in [-0.2, -0.15) is 0 Å². The molecule has 0 saturated heterocycles. The second-order valence-electron chi connectivity index (χ2n) is 5.72. The van der Waals surface area contributed by atoms with E-state index in [0.29, 0.717) is 5.69 Å². The molecule has 2 amide bonds. The van der Waals surface area contributed by atoms with Gasteiger partial charge in [-0.05, 0) is 18.6 Å². The number of nitrogens with zero attached hydrogens (tertiary/aromatic N) is 1. The minimum absolute atomic E-state index is 0.0192. The molecule has 0 spiro atoms. The molecule has 7 nitrogen and oxygen atoms in total. The number of anilines is 1. The standard InChI is InChI=1S/C18H19N3O4/c1-12-6-8-14(9-7-12)17(19-13(2)22)11-18(23)20-15-4-3-5-16(10-15)21(24)25/h3-10,17H,11H2,1-2H3,(H,19,22)(H,20,23). The second kappa shape index (κ2) is 8.05. The maximum absolute atomic E-state index is 12.3. The summed E-state index contributed by atoms with van der Waals surface area (Å²) >= 11 is 0. The van der Waals surface area contributed by atoms with Gasteiger partial charge in [0.05, 0.1) is 17.4 Å². The minimum Gasteiger partial charge on any atom is -0.349 e. The summed E-state index contributed by atoms with van der Waals surface area (Å²) in [6, 6.07) is 12.8. The Morgan fingerprint density at radius 3 is 2.44 bits per heavy atom. The van der Waals surface area contributed by atoms with E-state index >= 15 is 0 Å². The Morgan fingerprint density at radius 2 is 1.84 bits per heavy atom. The predicted octanol–water partition coefficient (Wildman–Crippen LogP) is 3.11. The van der Waals surface area contributed by atoms with E-state index in [4.69, 9.17) is 0 Å².